The molecule has 4 N–H and O–H groups in total. The van der Waals surface area contributed by atoms with E-state index in [1.807, 2.05) is 0 Å². The molecule has 0 amide bonds. The first-order chi connectivity index (χ1) is 12.3. The molecule has 4 rings (SSSR count). The number of aryl methyl sites for hydroxylation is 1. The van der Waals surface area contributed by atoms with Crippen molar-refractivity contribution in [1.82, 2.24) is 19.5 Å². The topological polar surface area (TPSA) is 163 Å². The van der Waals surface area contributed by atoms with Gasteiger partial charge in [-0.3, -0.25) is 4.57 Å². The highest BCUT2D eigenvalue weighted by Gasteiger charge is 2.62. The van der Waals surface area contributed by atoms with Gasteiger partial charge in [0.05, 0.1) is 18.0 Å². The lowest BCUT2D eigenvalue weighted by Gasteiger charge is -2.16. The summed E-state index contributed by atoms with van der Waals surface area (Å²) in [6.07, 6.45) is 0.451. The van der Waals surface area contributed by atoms with Crippen molar-refractivity contribution >= 4 is 28.9 Å². The number of hydrogen-bond acceptors (Lipinski definition) is 8. The second-order valence-electron chi connectivity index (χ2n) is 6.54. The molecule has 3 heterocycles. The largest absolute Gasteiger partial charge is 0.479 e. The van der Waals surface area contributed by atoms with Crippen LogP contribution in [0.25, 0.3) is 11.2 Å². The van der Waals surface area contributed by atoms with Gasteiger partial charge in [0, 0.05) is 6.42 Å². The van der Waals surface area contributed by atoms with Gasteiger partial charge in [0.1, 0.15) is 17.6 Å². The fraction of sp³-hybridized carbons (Fsp3) is 0.533. The third-order valence-corrected chi connectivity index (χ3v) is 4.76. The van der Waals surface area contributed by atoms with Crippen LogP contribution < -0.4 is 5.73 Å². The summed E-state index contributed by atoms with van der Waals surface area (Å²) < 4.78 is 13.1. The van der Waals surface area contributed by atoms with E-state index in [2.05, 4.69) is 15.0 Å². The quantitative estimate of drug-likeness (QED) is 0.620. The van der Waals surface area contributed by atoms with E-state index < -0.39 is 29.7 Å². The minimum absolute atomic E-state index is 0.289. The predicted octanol–water partition coefficient (Wildman–Crippen LogP) is 0.0914. The number of hydrogen-bond donors (Lipinski definition) is 3. The van der Waals surface area contributed by atoms with Gasteiger partial charge in [-0.25, -0.2) is 24.5 Å². The Balaban J connectivity index is 1.52. The number of fused-ring (bicyclic) bond motifs is 1. The number of anilines is 1. The number of rotatable bonds is 5. The normalized spacial score (nSPS) is 27.5. The molecule has 1 aliphatic heterocycles. The molecule has 0 radical (unpaired) electrons. The zero-order valence-corrected chi connectivity index (χ0v) is 13.8. The molecule has 11 heteroatoms. The van der Waals surface area contributed by atoms with Gasteiger partial charge in [0.25, 0.3) is 6.10 Å². The molecule has 138 valence electrons. The van der Waals surface area contributed by atoms with Gasteiger partial charge < -0.3 is 25.4 Å². The number of ether oxygens (including phenoxy) is 2. The van der Waals surface area contributed by atoms with Gasteiger partial charge in [-0.15, -0.1) is 0 Å². The Morgan fingerprint density at radius 2 is 2.15 bits per heavy atom. The Bertz CT molecular complexity index is 899. The third kappa shape index (κ3) is 2.56. The summed E-state index contributed by atoms with van der Waals surface area (Å²) in [5.74, 6) is -2.25. The maximum absolute atomic E-state index is 11.0. The van der Waals surface area contributed by atoms with E-state index in [0.717, 1.165) is 0 Å². The Morgan fingerprint density at radius 3 is 2.85 bits per heavy atom. The van der Waals surface area contributed by atoms with Crippen LogP contribution in [0.5, 0.6) is 0 Å². The van der Waals surface area contributed by atoms with E-state index in [0.29, 0.717) is 36.3 Å². The van der Waals surface area contributed by atoms with Gasteiger partial charge in [-0.1, -0.05) is 0 Å². The molecular formula is C15H17N5O6. The molecule has 0 unspecified atom stereocenters. The van der Waals surface area contributed by atoms with Crippen molar-refractivity contribution in [2.45, 2.75) is 50.2 Å². The Morgan fingerprint density at radius 1 is 1.42 bits per heavy atom. The standard InChI is InChI=1S/C15H17N5O6/c1-6-18-11(16)9-12(19-6)20(5-17-9)8-2-3-15(26-8)4-7(15)25-10(13(21)22)14(23)24/h5,7-8,10H,2-4H2,1H3,(H,21,22)(H,23,24)(H2,16,18,19)/t7-,8-,15+/m1/s1. The average molecular weight is 363 g/mol. The minimum atomic E-state index is -1.90. The highest BCUT2D eigenvalue weighted by molar-refractivity contribution is 5.96. The Labute approximate surface area is 146 Å². The van der Waals surface area contributed by atoms with Crippen LogP contribution in [0, 0.1) is 6.92 Å². The lowest BCUT2D eigenvalue weighted by Crippen LogP contribution is -2.35. The van der Waals surface area contributed by atoms with E-state index in [9.17, 15) is 9.59 Å². The summed E-state index contributed by atoms with van der Waals surface area (Å²) >= 11 is 0. The minimum Gasteiger partial charge on any atom is -0.479 e. The summed E-state index contributed by atoms with van der Waals surface area (Å²) in [6.45, 7) is 1.73. The van der Waals surface area contributed by atoms with E-state index in [4.69, 9.17) is 25.4 Å². The molecule has 2 aromatic heterocycles. The number of nitrogen functional groups attached to an aromatic ring is 1. The zero-order chi connectivity index (χ0) is 18.6. The van der Waals surface area contributed by atoms with Gasteiger partial charge in [-0.2, -0.15) is 0 Å². The van der Waals surface area contributed by atoms with Crippen LogP contribution in [-0.2, 0) is 19.1 Å². The maximum atomic E-state index is 11.0. The number of nitrogens with zero attached hydrogens (tertiary/aromatic N) is 4. The van der Waals surface area contributed by atoms with E-state index in [1.165, 1.54) is 0 Å². The van der Waals surface area contributed by atoms with Crippen molar-refractivity contribution < 1.29 is 29.3 Å². The fourth-order valence-electron chi connectivity index (χ4n) is 3.42. The molecule has 2 fully saturated rings. The van der Waals surface area contributed by atoms with E-state index >= 15 is 0 Å². The molecule has 1 spiro atoms. The Kier molecular flexibility index (Phi) is 3.59. The smallest absolute Gasteiger partial charge is 0.344 e. The van der Waals surface area contributed by atoms with E-state index in [1.54, 1.807) is 17.8 Å². The van der Waals surface area contributed by atoms with Crippen LogP contribution in [0.1, 0.15) is 31.3 Å². The van der Waals surface area contributed by atoms with E-state index in [-0.39, 0.29) is 12.0 Å². The first-order valence-corrected chi connectivity index (χ1v) is 8.06. The van der Waals surface area contributed by atoms with Crippen LogP contribution in [0.3, 0.4) is 0 Å². The molecule has 11 nitrogen and oxygen atoms in total. The molecule has 2 aliphatic rings. The fourth-order valence-corrected chi connectivity index (χ4v) is 3.42. The number of carboxylic acid groups (broad SMARTS) is 2. The summed E-state index contributed by atoms with van der Waals surface area (Å²) in [7, 11) is 0. The van der Waals surface area contributed by atoms with Crippen molar-refractivity contribution in [3.8, 4) is 0 Å². The van der Waals surface area contributed by atoms with Crippen molar-refractivity contribution in [2.75, 3.05) is 5.73 Å². The molecule has 1 saturated carbocycles. The monoisotopic (exact) mass is 363 g/mol. The second kappa shape index (κ2) is 5.61. The molecule has 0 aromatic carbocycles. The molecular weight excluding hydrogens is 346 g/mol. The number of carboxylic acids is 2. The summed E-state index contributed by atoms with van der Waals surface area (Å²) in [5.41, 5.74) is 6.25. The van der Waals surface area contributed by atoms with Crippen molar-refractivity contribution in [3.05, 3.63) is 12.2 Å². The molecule has 2 aromatic rings. The number of carbonyl (C=O) groups is 2. The van der Waals surface area contributed by atoms with Crippen LogP contribution in [0.4, 0.5) is 5.82 Å². The van der Waals surface area contributed by atoms with Gasteiger partial charge in [0.2, 0.25) is 0 Å². The highest BCUT2D eigenvalue weighted by atomic mass is 16.6. The molecule has 1 aliphatic carbocycles. The van der Waals surface area contributed by atoms with Crippen LogP contribution in [-0.4, -0.2) is 59.5 Å². The molecule has 0 bridgehead atoms. The van der Waals surface area contributed by atoms with Gasteiger partial charge in [0.15, 0.2) is 11.5 Å². The SMILES string of the molecule is Cc1nc(N)c2ncn([C@H]3CC[C@@]4(C[C@H]4OC(C(=O)O)C(=O)O)O3)c2n1. The van der Waals surface area contributed by atoms with Crippen molar-refractivity contribution in [1.29, 1.82) is 0 Å². The molecule has 3 atom stereocenters. The summed E-state index contributed by atoms with van der Waals surface area (Å²) in [4.78, 5) is 34.6. The van der Waals surface area contributed by atoms with Crippen molar-refractivity contribution in [2.24, 2.45) is 0 Å². The summed E-state index contributed by atoms with van der Waals surface area (Å²) in [6, 6.07) is 0. The predicted molar refractivity (Wildman–Crippen MR) is 85.1 cm³/mol. The Hall–Kier alpha value is -2.79. The number of imidazole rings is 1. The van der Waals surface area contributed by atoms with Gasteiger partial charge >= 0.3 is 11.9 Å². The van der Waals surface area contributed by atoms with Crippen LogP contribution in [0.15, 0.2) is 6.33 Å². The first-order valence-electron chi connectivity index (χ1n) is 8.06. The van der Waals surface area contributed by atoms with Crippen molar-refractivity contribution in [3.63, 3.8) is 0 Å². The first kappa shape index (κ1) is 16.7. The molecule has 26 heavy (non-hydrogen) atoms. The van der Waals surface area contributed by atoms with Crippen LogP contribution in [0.2, 0.25) is 0 Å². The number of nitrogens with two attached hydrogens (primary N) is 1. The number of aliphatic carboxylic acids is 2. The lowest BCUT2D eigenvalue weighted by molar-refractivity contribution is -0.169. The lowest BCUT2D eigenvalue weighted by atomic mass is 10.2. The number of aromatic nitrogens is 4. The van der Waals surface area contributed by atoms with Gasteiger partial charge in [-0.05, 0) is 19.8 Å². The third-order valence-electron chi connectivity index (χ3n) is 4.76. The molecule has 1 saturated heterocycles. The zero-order valence-electron chi connectivity index (χ0n) is 13.8. The highest BCUT2D eigenvalue weighted by Crippen LogP contribution is 2.54. The van der Waals surface area contributed by atoms with Crippen LogP contribution >= 0.6 is 0 Å². The second-order valence-corrected chi connectivity index (χ2v) is 6.54. The maximum Gasteiger partial charge on any atom is 0.344 e. The summed E-state index contributed by atoms with van der Waals surface area (Å²) in [5, 5.41) is 17.9. The average Bonchev–Trinajstić information content (AvgIpc) is 2.88.